The van der Waals surface area contributed by atoms with Crippen LogP contribution in [0.15, 0.2) is 52.9 Å². The highest BCUT2D eigenvalue weighted by atomic mass is 35.5. The molecule has 0 saturated heterocycles. The molecule has 0 radical (unpaired) electrons. The molecule has 0 aliphatic carbocycles. The molecule has 0 atom stereocenters. The lowest BCUT2D eigenvalue weighted by atomic mass is 10.1. The number of ketones is 1. The van der Waals surface area contributed by atoms with E-state index < -0.39 is 0 Å². The standard InChI is InChI=1S/C18H13ClN2OS2/c1-2-23-18-15-14(20-13-5-3-4-10-21(13)15)17(24-18)16(22)11-6-8-12(19)9-7-11/h3-10H,2H2,1H3. The molecule has 3 nitrogen and oxygen atoms in total. The highest BCUT2D eigenvalue weighted by molar-refractivity contribution is 8.01. The average molecular weight is 373 g/mol. The predicted molar refractivity (Wildman–Crippen MR) is 102 cm³/mol. The van der Waals surface area contributed by atoms with Crippen molar-refractivity contribution >= 4 is 57.2 Å². The molecule has 0 saturated carbocycles. The van der Waals surface area contributed by atoms with Crippen LogP contribution in [0.25, 0.3) is 16.7 Å². The molecule has 3 heterocycles. The van der Waals surface area contributed by atoms with Gasteiger partial charge in [-0.25, -0.2) is 4.98 Å². The number of hydrogen-bond donors (Lipinski definition) is 0. The zero-order chi connectivity index (χ0) is 16.7. The van der Waals surface area contributed by atoms with Crippen molar-refractivity contribution < 1.29 is 4.79 Å². The van der Waals surface area contributed by atoms with Crippen molar-refractivity contribution in [3.8, 4) is 0 Å². The molecule has 0 unspecified atom stereocenters. The van der Waals surface area contributed by atoms with Gasteiger partial charge in [0.2, 0.25) is 5.78 Å². The van der Waals surface area contributed by atoms with Gasteiger partial charge in [0.25, 0.3) is 0 Å². The van der Waals surface area contributed by atoms with Gasteiger partial charge < -0.3 is 0 Å². The number of imidazole rings is 1. The zero-order valence-corrected chi connectivity index (χ0v) is 15.2. The first-order valence-electron chi connectivity index (χ1n) is 7.51. The molecule has 4 rings (SSSR count). The molecule has 0 bridgehead atoms. The number of fused-ring (bicyclic) bond motifs is 3. The normalized spacial score (nSPS) is 11.4. The first kappa shape index (κ1) is 15.7. The van der Waals surface area contributed by atoms with Crippen LogP contribution >= 0.6 is 34.7 Å². The van der Waals surface area contributed by atoms with E-state index in [9.17, 15) is 4.79 Å². The molecule has 0 N–H and O–H groups in total. The zero-order valence-electron chi connectivity index (χ0n) is 12.8. The lowest BCUT2D eigenvalue weighted by Crippen LogP contribution is -1.98. The maximum Gasteiger partial charge on any atom is 0.205 e. The Morgan fingerprint density at radius 2 is 2.04 bits per heavy atom. The highest BCUT2D eigenvalue weighted by Gasteiger charge is 2.23. The van der Waals surface area contributed by atoms with Crippen LogP contribution in [-0.2, 0) is 0 Å². The number of thioether (sulfide) groups is 1. The summed E-state index contributed by atoms with van der Waals surface area (Å²) in [6.45, 7) is 2.11. The minimum atomic E-state index is -0.00646. The third-order valence-corrected chi connectivity index (χ3v) is 6.28. The third kappa shape index (κ3) is 2.53. The number of nitrogens with zero attached hydrogens (tertiary/aromatic N) is 2. The largest absolute Gasteiger partial charge is 0.298 e. The number of hydrogen-bond acceptors (Lipinski definition) is 4. The summed E-state index contributed by atoms with van der Waals surface area (Å²) in [6.07, 6.45) is 1.99. The van der Waals surface area contributed by atoms with Gasteiger partial charge in [-0.1, -0.05) is 24.6 Å². The molecule has 0 fully saturated rings. The average Bonchev–Trinajstić information content (AvgIpc) is 3.13. The van der Waals surface area contributed by atoms with Crippen molar-refractivity contribution in [1.29, 1.82) is 0 Å². The van der Waals surface area contributed by atoms with Crippen molar-refractivity contribution in [2.24, 2.45) is 0 Å². The Hall–Kier alpha value is -1.82. The van der Waals surface area contributed by atoms with Gasteiger partial charge in [0.05, 0.1) is 9.73 Å². The maximum absolute atomic E-state index is 13.0. The molecule has 3 aromatic heterocycles. The Labute approximate surface area is 152 Å². The summed E-state index contributed by atoms with van der Waals surface area (Å²) in [4.78, 5) is 18.4. The second-order valence-corrected chi connectivity index (χ2v) is 8.22. The van der Waals surface area contributed by atoms with E-state index in [1.165, 1.54) is 11.3 Å². The smallest absolute Gasteiger partial charge is 0.205 e. The van der Waals surface area contributed by atoms with E-state index in [0.717, 1.165) is 26.6 Å². The van der Waals surface area contributed by atoms with E-state index in [2.05, 4.69) is 11.3 Å². The molecule has 4 aromatic rings. The number of pyridine rings is 1. The van der Waals surface area contributed by atoms with Gasteiger partial charge in [-0.2, -0.15) is 0 Å². The lowest BCUT2D eigenvalue weighted by molar-refractivity contribution is 0.104. The number of carbonyl (C=O) groups excluding carboxylic acids is 1. The molecule has 0 amide bonds. The van der Waals surface area contributed by atoms with Crippen LogP contribution in [0, 0.1) is 0 Å². The van der Waals surface area contributed by atoms with Gasteiger partial charge >= 0.3 is 0 Å². The molecule has 24 heavy (non-hydrogen) atoms. The van der Waals surface area contributed by atoms with Crippen molar-refractivity contribution in [3.63, 3.8) is 0 Å². The number of carbonyl (C=O) groups is 1. The number of halogens is 1. The van der Waals surface area contributed by atoms with Crippen LogP contribution in [0.2, 0.25) is 5.02 Å². The van der Waals surface area contributed by atoms with Crippen LogP contribution < -0.4 is 0 Å². The fraction of sp³-hybridized carbons (Fsp3) is 0.111. The number of rotatable bonds is 4. The minimum absolute atomic E-state index is 0.00646. The Balaban J connectivity index is 1.94. The van der Waals surface area contributed by atoms with Crippen molar-refractivity contribution in [2.75, 3.05) is 5.75 Å². The van der Waals surface area contributed by atoms with Crippen molar-refractivity contribution in [1.82, 2.24) is 9.38 Å². The van der Waals surface area contributed by atoms with Gasteiger partial charge in [-0.15, -0.1) is 23.1 Å². The maximum atomic E-state index is 13.0. The number of benzene rings is 1. The van der Waals surface area contributed by atoms with Crippen molar-refractivity contribution in [2.45, 2.75) is 11.1 Å². The Morgan fingerprint density at radius 3 is 2.79 bits per heavy atom. The fourth-order valence-electron chi connectivity index (χ4n) is 2.65. The van der Waals surface area contributed by atoms with Gasteiger partial charge in [-0.3, -0.25) is 9.20 Å². The van der Waals surface area contributed by atoms with Gasteiger partial charge in [0.15, 0.2) is 0 Å². The minimum Gasteiger partial charge on any atom is -0.298 e. The molecule has 1 aromatic carbocycles. The third-order valence-electron chi connectivity index (χ3n) is 3.72. The summed E-state index contributed by atoms with van der Waals surface area (Å²) in [5.41, 5.74) is 3.30. The summed E-state index contributed by atoms with van der Waals surface area (Å²) >= 11 is 9.20. The number of thiophene rings is 1. The van der Waals surface area contributed by atoms with E-state index in [0.29, 0.717) is 15.5 Å². The Morgan fingerprint density at radius 1 is 1.25 bits per heavy atom. The van der Waals surface area contributed by atoms with E-state index >= 15 is 0 Å². The van der Waals surface area contributed by atoms with Crippen LogP contribution in [0.1, 0.15) is 22.2 Å². The van der Waals surface area contributed by atoms with Crippen LogP contribution in [0.4, 0.5) is 0 Å². The summed E-state index contributed by atoms with van der Waals surface area (Å²) < 4.78 is 3.19. The first-order valence-corrected chi connectivity index (χ1v) is 9.69. The monoisotopic (exact) mass is 372 g/mol. The van der Waals surface area contributed by atoms with Gasteiger partial charge in [0, 0.05) is 16.8 Å². The summed E-state index contributed by atoms with van der Waals surface area (Å²) in [7, 11) is 0. The molecule has 0 aliphatic rings. The second-order valence-electron chi connectivity index (χ2n) is 5.23. The predicted octanol–water partition coefficient (Wildman–Crippen LogP) is 5.55. The SMILES string of the molecule is CCSc1sc(C(=O)c2ccc(Cl)cc2)c2nc3ccccn3c12. The Kier molecular flexibility index (Phi) is 4.08. The quantitative estimate of drug-likeness (QED) is 0.348. The molecule has 0 spiro atoms. The molecule has 0 aliphatic heterocycles. The molecule has 120 valence electrons. The van der Waals surface area contributed by atoms with Crippen LogP contribution in [0.5, 0.6) is 0 Å². The van der Waals surface area contributed by atoms with E-state index in [1.54, 1.807) is 36.0 Å². The molecular formula is C18H13ClN2OS2. The van der Waals surface area contributed by atoms with E-state index in [4.69, 9.17) is 16.6 Å². The highest BCUT2D eigenvalue weighted by Crippen LogP contribution is 2.39. The van der Waals surface area contributed by atoms with Gasteiger partial charge in [0.1, 0.15) is 16.0 Å². The summed E-state index contributed by atoms with van der Waals surface area (Å²) in [6, 6.07) is 12.9. The summed E-state index contributed by atoms with van der Waals surface area (Å²) in [5, 5.41) is 0.623. The first-order chi connectivity index (χ1) is 11.7. The van der Waals surface area contributed by atoms with Crippen molar-refractivity contribution in [3.05, 3.63) is 64.1 Å². The van der Waals surface area contributed by atoms with Crippen LogP contribution in [-0.4, -0.2) is 20.9 Å². The van der Waals surface area contributed by atoms with Gasteiger partial charge in [-0.05, 0) is 42.2 Å². The topological polar surface area (TPSA) is 34.4 Å². The second kappa shape index (κ2) is 6.24. The lowest BCUT2D eigenvalue weighted by Gasteiger charge is -1.98. The Bertz CT molecular complexity index is 1050. The fourth-order valence-corrected chi connectivity index (χ4v) is 5.14. The molecule has 6 heteroatoms. The van der Waals surface area contributed by atoms with E-state index in [1.807, 2.05) is 24.4 Å². The molecular weight excluding hydrogens is 360 g/mol. The number of aromatic nitrogens is 2. The summed E-state index contributed by atoms with van der Waals surface area (Å²) in [5.74, 6) is 0.942. The van der Waals surface area contributed by atoms with Crippen LogP contribution in [0.3, 0.4) is 0 Å². The van der Waals surface area contributed by atoms with E-state index in [-0.39, 0.29) is 5.78 Å².